The van der Waals surface area contributed by atoms with E-state index >= 15 is 0 Å². The summed E-state index contributed by atoms with van der Waals surface area (Å²) < 4.78 is 0. The minimum Gasteiger partial charge on any atom is -0.478 e. The Hall–Kier alpha value is -1.61. The molecule has 0 aliphatic rings. The zero-order valence-corrected chi connectivity index (χ0v) is 9.04. The topological polar surface area (TPSA) is 37.3 Å². The molecule has 0 aliphatic carbocycles. The molecule has 15 heavy (non-hydrogen) atoms. The van der Waals surface area contributed by atoms with Crippen molar-refractivity contribution < 1.29 is 9.90 Å². The lowest BCUT2D eigenvalue weighted by Crippen LogP contribution is -1.99. The highest BCUT2D eigenvalue weighted by molar-refractivity contribution is 7.13. The minimum absolute atomic E-state index is 0.371. The maximum atomic E-state index is 10.8. The number of carbonyl (C=O) groups is 1. The molecule has 1 aromatic carbocycles. The molecule has 0 aliphatic heterocycles. The van der Waals surface area contributed by atoms with Gasteiger partial charge in [-0.1, -0.05) is 12.1 Å². The van der Waals surface area contributed by atoms with Crippen LogP contribution in [-0.2, 0) is 0 Å². The molecule has 0 unspecified atom stereocenters. The Morgan fingerprint density at radius 1 is 1.33 bits per heavy atom. The van der Waals surface area contributed by atoms with Gasteiger partial charge in [0.2, 0.25) is 0 Å². The largest absolute Gasteiger partial charge is 0.478 e. The third-order valence-electron chi connectivity index (χ3n) is 2.26. The molecule has 0 amide bonds. The predicted molar refractivity (Wildman–Crippen MR) is 61.5 cm³/mol. The highest BCUT2D eigenvalue weighted by atomic mass is 32.1. The average Bonchev–Trinajstić information content (AvgIpc) is 2.69. The lowest BCUT2D eigenvalue weighted by molar-refractivity contribution is 0.0696. The highest BCUT2D eigenvalue weighted by Crippen LogP contribution is 2.26. The number of carboxylic acids is 1. The number of hydrogen-bond acceptors (Lipinski definition) is 2. The second-order valence-electron chi connectivity index (χ2n) is 3.31. The molecule has 0 saturated heterocycles. The van der Waals surface area contributed by atoms with E-state index in [4.69, 9.17) is 5.11 Å². The molecule has 1 heterocycles. The van der Waals surface area contributed by atoms with Crippen LogP contribution in [0.5, 0.6) is 0 Å². The molecule has 1 N–H and O–H groups in total. The summed E-state index contributed by atoms with van der Waals surface area (Å²) in [5.74, 6) is -0.870. The van der Waals surface area contributed by atoms with Gasteiger partial charge in [-0.3, -0.25) is 0 Å². The van der Waals surface area contributed by atoms with E-state index in [1.165, 1.54) is 0 Å². The number of aromatic carboxylic acids is 1. The van der Waals surface area contributed by atoms with E-state index in [2.05, 4.69) is 0 Å². The Morgan fingerprint density at radius 2 is 2.13 bits per heavy atom. The first kappa shape index (κ1) is 9.93. The molecule has 0 fully saturated rings. The van der Waals surface area contributed by atoms with Crippen molar-refractivity contribution >= 4 is 17.3 Å². The lowest BCUT2D eigenvalue weighted by atomic mass is 10.0. The van der Waals surface area contributed by atoms with Crippen molar-refractivity contribution in [1.29, 1.82) is 0 Å². The normalized spacial score (nSPS) is 10.2. The van der Waals surface area contributed by atoms with Crippen molar-refractivity contribution in [3.05, 3.63) is 46.8 Å². The van der Waals surface area contributed by atoms with Gasteiger partial charge in [0.1, 0.15) is 0 Å². The van der Waals surface area contributed by atoms with Crippen molar-refractivity contribution in [2.24, 2.45) is 0 Å². The molecule has 0 bridgehead atoms. The monoisotopic (exact) mass is 218 g/mol. The van der Waals surface area contributed by atoms with E-state index in [1.807, 2.05) is 36.6 Å². The van der Waals surface area contributed by atoms with Crippen LogP contribution in [0.3, 0.4) is 0 Å². The number of aryl methyl sites for hydroxylation is 1. The Kier molecular flexibility index (Phi) is 2.56. The van der Waals surface area contributed by atoms with E-state index in [1.54, 1.807) is 17.4 Å². The quantitative estimate of drug-likeness (QED) is 0.838. The second-order valence-corrected chi connectivity index (χ2v) is 4.26. The van der Waals surface area contributed by atoms with Crippen LogP contribution in [0.25, 0.3) is 10.4 Å². The smallest absolute Gasteiger partial charge is 0.335 e. The van der Waals surface area contributed by atoms with Gasteiger partial charge in [-0.2, -0.15) is 0 Å². The van der Waals surface area contributed by atoms with Gasteiger partial charge in [-0.15, -0.1) is 11.3 Å². The van der Waals surface area contributed by atoms with Gasteiger partial charge in [-0.05, 0) is 41.6 Å². The molecule has 1 aromatic heterocycles. The molecule has 0 spiro atoms. The number of rotatable bonds is 2. The maximum Gasteiger partial charge on any atom is 0.335 e. The first-order chi connectivity index (χ1) is 7.18. The molecule has 2 nitrogen and oxygen atoms in total. The first-order valence-electron chi connectivity index (χ1n) is 4.56. The van der Waals surface area contributed by atoms with Crippen LogP contribution < -0.4 is 0 Å². The van der Waals surface area contributed by atoms with Gasteiger partial charge >= 0.3 is 5.97 Å². The number of thiophene rings is 1. The van der Waals surface area contributed by atoms with E-state index < -0.39 is 5.97 Å². The fourth-order valence-corrected chi connectivity index (χ4v) is 2.22. The van der Waals surface area contributed by atoms with Gasteiger partial charge in [0.25, 0.3) is 0 Å². The third-order valence-corrected chi connectivity index (χ3v) is 3.18. The fourth-order valence-electron chi connectivity index (χ4n) is 1.50. The van der Waals surface area contributed by atoms with Gasteiger partial charge in [0.15, 0.2) is 0 Å². The zero-order valence-electron chi connectivity index (χ0n) is 8.23. The summed E-state index contributed by atoms with van der Waals surface area (Å²) in [6, 6.07) is 9.44. The second kappa shape index (κ2) is 3.87. The first-order valence-corrected chi connectivity index (χ1v) is 5.44. The maximum absolute atomic E-state index is 10.8. The number of hydrogen-bond donors (Lipinski definition) is 1. The summed E-state index contributed by atoms with van der Waals surface area (Å²) in [5, 5.41) is 10.9. The molecule has 76 valence electrons. The highest BCUT2D eigenvalue weighted by Gasteiger charge is 2.07. The molecule has 3 heteroatoms. The Morgan fingerprint density at radius 3 is 2.67 bits per heavy atom. The van der Waals surface area contributed by atoms with E-state index in [0.29, 0.717) is 5.56 Å². The molecular formula is C12H10O2S. The number of carboxylic acid groups (broad SMARTS) is 1. The summed E-state index contributed by atoms with van der Waals surface area (Å²) >= 11 is 1.65. The molecular weight excluding hydrogens is 208 g/mol. The van der Waals surface area contributed by atoms with Crippen LogP contribution in [0, 0.1) is 6.92 Å². The Bertz CT molecular complexity index is 486. The Labute approximate surface area is 91.8 Å². The van der Waals surface area contributed by atoms with Crippen molar-refractivity contribution in [2.75, 3.05) is 0 Å². The van der Waals surface area contributed by atoms with E-state index in [-0.39, 0.29) is 0 Å². The van der Waals surface area contributed by atoms with Gasteiger partial charge in [-0.25, -0.2) is 4.79 Å². The number of benzene rings is 1. The molecule has 0 radical (unpaired) electrons. The molecule has 2 aromatic rings. The molecule has 2 rings (SSSR count). The van der Waals surface area contributed by atoms with Gasteiger partial charge in [0, 0.05) is 4.88 Å². The van der Waals surface area contributed by atoms with Crippen molar-refractivity contribution in [3.8, 4) is 10.4 Å². The van der Waals surface area contributed by atoms with Crippen molar-refractivity contribution in [2.45, 2.75) is 6.92 Å². The SMILES string of the molecule is Cc1cc(-c2cccs2)ccc1C(=O)O. The lowest BCUT2D eigenvalue weighted by Gasteiger charge is -2.03. The minimum atomic E-state index is -0.870. The third kappa shape index (κ3) is 1.92. The van der Waals surface area contributed by atoms with Crippen LogP contribution in [0.1, 0.15) is 15.9 Å². The summed E-state index contributed by atoms with van der Waals surface area (Å²) in [7, 11) is 0. The van der Waals surface area contributed by atoms with Crippen LogP contribution in [0.2, 0.25) is 0 Å². The Balaban J connectivity index is 2.47. The fraction of sp³-hybridized carbons (Fsp3) is 0.0833. The predicted octanol–water partition coefficient (Wildman–Crippen LogP) is 3.42. The van der Waals surface area contributed by atoms with E-state index in [0.717, 1.165) is 16.0 Å². The summed E-state index contributed by atoms with van der Waals surface area (Å²) in [4.78, 5) is 12.0. The van der Waals surface area contributed by atoms with Crippen LogP contribution in [0.4, 0.5) is 0 Å². The van der Waals surface area contributed by atoms with Crippen molar-refractivity contribution in [1.82, 2.24) is 0 Å². The van der Waals surface area contributed by atoms with E-state index in [9.17, 15) is 4.79 Å². The standard InChI is InChI=1S/C12H10O2S/c1-8-7-9(11-3-2-6-15-11)4-5-10(8)12(13)14/h2-7H,1H3,(H,13,14). The van der Waals surface area contributed by atoms with Crippen LogP contribution in [-0.4, -0.2) is 11.1 Å². The summed E-state index contributed by atoms with van der Waals surface area (Å²) in [6.07, 6.45) is 0. The van der Waals surface area contributed by atoms with Gasteiger partial charge in [0.05, 0.1) is 5.56 Å². The van der Waals surface area contributed by atoms with Gasteiger partial charge < -0.3 is 5.11 Å². The summed E-state index contributed by atoms with van der Waals surface area (Å²) in [6.45, 7) is 1.82. The van der Waals surface area contributed by atoms with Crippen LogP contribution in [0.15, 0.2) is 35.7 Å². The molecule has 0 saturated carbocycles. The van der Waals surface area contributed by atoms with Crippen molar-refractivity contribution in [3.63, 3.8) is 0 Å². The zero-order chi connectivity index (χ0) is 10.8. The van der Waals surface area contributed by atoms with Crippen LogP contribution >= 0.6 is 11.3 Å². The summed E-state index contributed by atoms with van der Waals surface area (Å²) in [5.41, 5.74) is 2.25. The average molecular weight is 218 g/mol. The molecule has 0 atom stereocenters.